The molecule has 1 saturated carbocycles. The number of hydrogen-bond donors (Lipinski definition) is 5. The summed E-state index contributed by atoms with van der Waals surface area (Å²) in [4.78, 5) is 78.5. The second-order valence-electron chi connectivity index (χ2n) is 32.8. The average Bonchev–Trinajstić information content (AvgIpc) is 1.62. The lowest BCUT2D eigenvalue weighted by Gasteiger charge is -2.28. The van der Waals surface area contributed by atoms with E-state index in [4.69, 9.17) is 68.7 Å². The highest BCUT2D eigenvalue weighted by molar-refractivity contribution is 7.92. The van der Waals surface area contributed by atoms with Crippen molar-refractivity contribution in [2.24, 2.45) is 0 Å². The number of anilines is 4. The zero-order chi connectivity index (χ0) is 93.6. The van der Waals surface area contributed by atoms with Gasteiger partial charge in [0.2, 0.25) is 21.8 Å². The van der Waals surface area contributed by atoms with Crippen LogP contribution in [0.25, 0.3) is 89.2 Å². The summed E-state index contributed by atoms with van der Waals surface area (Å²) < 4.78 is 57.5. The summed E-state index contributed by atoms with van der Waals surface area (Å²) in [6, 6.07) is 69.1. The van der Waals surface area contributed by atoms with E-state index in [1.165, 1.54) is 31.4 Å². The summed E-state index contributed by atoms with van der Waals surface area (Å²) in [5.74, 6) is 9.23. The average molecular weight is 1830 g/mol. The lowest BCUT2D eigenvalue weighted by molar-refractivity contribution is -0.125. The van der Waals surface area contributed by atoms with E-state index in [0.29, 0.717) is 154 Å². The Bertz CT molecular complexity index is 7140. The number of likely N-dealkylation sites (tertiary alicyclic amines) is 3. The number of nitrogens with one attached hydrogen (secondary N) is 1. The normalized spacial score (nSPS) is 16.4. The molecule has 4 aliphatic rings. The highest BCUT2D eigenvalue weighted by Gasteiger charge is 2.35. The molecule has 3 atom stereocenters. The van der Waals surface area contributed by atoms with E-state index in [-0.39, 0.29) is 47.9 Å². The summed E-state index contributed by atoms with van der Waals surface area (Å²) in [7, 11) is 0.489. The number of carbonyl (C=O) groups is 3. The number of amides is 3. The number of nitrogens with zero attached hydrogens (tertiary/aromatic N) is 20. The summed E-state index contributed by atoms with van der Waals surface area (Å²) in [6.07, 6.45) is 21.1. The van der Waals surface area contributed by atoms with Crippen molar-refractivity contribution < 1.29 is 41.7 Å². The van der Waals surface area contributed by atoms with Crippen LogP contribution in [0.3, 0.4) is 0 Å². The van der Waals surface area contributed by atoms with Crippen molar-refractivity contribution in [3.05, 3.63) is 280 Å². The minimum atomic E-state index is -3.45. The van der Waals surface area contributed by atoms with Gasteiger partial charge < -0.3 is 61.5 Å². The number of carbonyl (C=O) groups excluding carboxylic acids is 3. The number of likely N-dealkylation sites (N-methyl/N-ethyl adjacent to an activating group) is 1. The van der Waals surface area contributed by atoms with Crippen LogP contribution in [0, 0.1) is 12.3 Å². The number of ether oxygens (including phenoxy) is 4. The Balaban J connectivity index is 0.000000125. The molecular formula is C100H97N25O9S. The molecule has 3 amide bonds. The van der Waals surface area contributed by atoms with E-state index < -0.39 is 10.0 Å². The first-order valence-corrected chi connectivity index (χ1v) is 45.4. The van der Waals surface area contributed by atoms with E-state index in [2.05, 4.69) is 63.7 Å². The SMILES string of the molecule is C#CC(=O)N1CCC(n2nc(-c3ccc(Oc4ccccc4)cc3)c3c(N)ncnc32)C1.C=CC(=O)N1CCC(n2nc(-c3ccc(Oc4ccccc4)cc3)c3c(N)ncnc32)C1.C=CS(=O)(=O)NC1CCC(n2nc(-c3ccc(Oc4ccccc4)cc3)c3c(N)ncnc32)CC1.CN(C)C/C=C/C(=O)N1CCC(n2nc(-c3ccc(Oc4ccccc4)cc3)c3c(N)ncnc32)C1. The molecule has 1 aliphatic carbocycles. The first-order chi connectivity index (χ1) is 65.7. The van der Waals surface area contributed by atoms with Crippen molar-refractivity contribution in [1.82, 2.24) is 103 Å². The Labute approximate surface area is 777 Å². The second-order valence-corrected chi connectivity index (χ2v) is 34.4. The molecular weight excluding hydrogens is 1730 g/mol. The van der Waals surface area contributed by atoms with Gasteiger partial charge in [-0.3, -0.25) is 14.4 Å². The summed E-state index contributed by atoms with van der Waals surface area (Å²) in [5, 5.41) is 23.3. The van der Waals surface area contributed by atoms with Gasteiger partial charge in [-0.1, -0.05) is 92.0 Å². The monoisotopic (exact) mass is 1820 g/mol. The van der Waals surface area contributed by atoms with Crippen LogP contribution in [0.5, 0.6) is 46.0 Å². The Morgan fingerprint density at radius 1 is 0.407 bits per heavy atom. The van der Waals surface area contributed by atoms with Crippen LogP contribution in [0.4, 0.5) is 23.3 Å². The molecule has 0 radical (unpaired) electrons. The number of terminal acetylenes is 1. The zero-order valence-electron chi connectivity index (χ0n) is 74.0. The van der Waals surface area contributed by atoms with Crippen molar-refractivity contribution >= 4 is 95.1 Å². The number of rotatable bonds is 23. The number of hydrogen-bond acceptors (Lipinski definition) is 26. The van der Waals surface area contributed by atoms with Crippen molar-refractivity contribution in [3.8, 4) is 103 Å². The topological polar surface area (TPSA) is 426 Å². The van der Waals surface area contributed by atoms with Crippen LogP contribution in [-0.4, -0.2) is 191 Å². The molecule has 3 aliphatic heterocycles. The van der Waals surface area contributed by atoms with Gasteiger partial charge in [-0.05, 0) is 217 Å². The molecule has 0 spiro atoms. The maximum Gasteiger partial charge on any atom is 0.298 e. The standard InChI is InChI=1S/C27H29N7O2.C25H26N6O3S.C24H22N6O2.C24H20N6O2/c1-32(2)15-6-9-23(35)33-16-14-20(17-33)34-27-24(26(28)29-18-30-27)25(31-34)19-10-12-22(13-11-19)36-21-7-4-3-5-8-21;1-2-35(32,33)30-18-10-12-19(13-11-18)31-25-22(24(26)27-16-28-25)23(29-31)17-8-14-21(15-9-17)34-20-6-4-3-5-7-20;2*1-2-20(31)29-13-12-17(14-29)30-24-21(23(25)26-15-27-24)22(28-30)16-8-10-19(11-9-16)32-18-6-4-3-5-7-18/h3-13,18,20H,14-17H2,1-2H3,(H2,28,29,30);2-9,14-16,18-19,30H,1,10-13H2,(H2,26,27,28);2-11,15,17H,1,12-14H2,(H2,25,26,27);1,3-11,15,17H,12-14H2,(H2,25,26,27)/b9-6+;;;. The van der Waals surface area contributed by atoms with E-state index in [1.807, 2.05) is 267 Å². The largest absolute Gasteiger partial charge is 0.457 e. The first kappa shape index (κ1) is 90.4. The van der Waals surface area contributed by atoms with Crippen molar-refractivity contribution in [2.75, 3.05) is 82.8 Å². The Hall–Kier alpha value is -16.6. The highest BCUT2D eigenvalue weighted by Crippen LogP contribution is 2.42. The van der Waals surface area contributed by atoms with Gasteiger partial charge in [-0.25, -0.2) is 71.7 Å². The third-order valence-corrected chi connectivity index (χ3v) is 24.7. The van der Waals surface area contributed by atoms with Crippen molar-refractivity contribution in [1.29, 1.82) is 0 Å². The number of benzene rings is 8. The quantitative estimate of drug-likeness (QED) is 0.0293. The fourth-order valence-electron chi connectivity index (χ4n) is 16.8. The smallest absolute Gasteiger partial charge is 0.298 e. The Morgan fingerprint density at radius 2 is 0.696 bits per heavy atom. The van der Waals surface area contributed by atoms with Gasteiger partial charge in [0.15, 0.2) is 22.6 Å². The molecule has 16 aromatic rings. The van der Waals surface area contributed by atoms with Gasteiger partial charge in [0.05, 0.1) is 45.7 Å². The molecule has 3 unspecified atom stereocenters. The third kappa shape index (κ3) is 20.8. The second kappa shape index (κ2) is 40.8. The lowest BCUT2D eigenvalue weighted by Crippen LogP contribution is -2.37. The molecule has 20 rings (SSSR count). The zero-order valence-corrected chi connectivity index (χ0v) is 74.8. The number of sulfonamides is 1. The van der Waals surface area contributed by atoms with E-state index in [0.717, 1.165) is 101 Å². The van der Waals surface area contributed by atoms with Gasteiger partial charge in [-0.15, -0.1) is 6.42 Å². The molecule has 682 valence electrons. The maximum atomic E-state index is 12.6. The molecule has 135 heavy (non-hydrogen) atoms. The first-order valence-electron chi connectivity index (χ1n) is 43.9. The molecule has 9 N–H and O–H groups in total. The third-order valence-electron chi connectivity index (χ3n) is 23.6. The van der Waals surface area contributed by atoms with Gasteiger partial charge in [-0.2, -0.15) is 20.4 Å². The Morgan fingerprint density at radius 3 is 0.993 bits per heavy atom. The molecule has 0 bridgehead atoms. The van der Waals surface area contributed by atoms with Crippen LogP contribution in [-0.2, 0) is 24.4 Å². The molecule has 34 nitrogen and oxygen atoms in total. The van der Waals surface area contributed by atoms with E-state index in [1.54, 1.807) is 15.9 Å². The van der Waals surface area contributed by atoms with E-state index in [9.17, 15) is 22.8 Å². The molecule has 4 fully saturated rings. The summed E-state index contributed by atoms with van der Waals surface area (Å²) >= 11 is 0. The fourth-order valence-corrected chi connectivity index (χ4v) is 17.6. The van der Waals surface area contributed by atoms with Gasteiger partial charge in [0.25, 0.3) is 5.91 Å². The number of nitrogen functional groups attached to an aromatic ring is 4. The van der Waals surface area contributed by atoms with Gasteiger partial charge in [0.1, 0.15) is 117 Å². The summed E-state index contributed by atoms with van der Waals surface area (Å²) in [6.45, 7) is 11.2. The Kier molecular flexibility index (Phi) is 27.3. The number of para-hydroxylation sites is 4. The minimum absolute atomic E-state index is 0.00226. The van der Waals surface area contributed by atoms with Crippen LogP contribution >= 0.6 is 0 Å². The van der Waals surface area contributed by atoms with Crippen molar-refractivity contribution in [3.63, 3.8) is 0 Å². The van der Waals surface area contributed by atoms with E-state index >= 15 is 0 Å². The van der Waals surface area contributed by atoms with Crippen LogP contribution in [0.2, 0.25) is 0 Å². The van der Waals surface area contributed by atoms with Gasteiger partial charge >= 0.3 is 0 Å². The maximum absolute atomic E-state index is 12.6. The number of aromatic nitrogens is 16. The fraction of sp³-hybridized carbons (Fsp3) is 0.210. The predicted molar refractivity (Wildman–Crippen MR) is 518 cm³/mol. The lowest BCUT2D eigenvalue weighted by atomic mass is 9.92. The molecule has 3 saturated heterocycles. The highest BCUT2D eigenvalue weighted by atomic mass is 32.2. The number of nitrogens with two attached hydrogens (primary N) is 4. The molecule has 11 heterocycles. The molecule has 8 aromatic carbocycles. The van der Waals surface area contributed by atoms with Gasteiger partial charge in [0, 0.05) is 85.6 Å². The van der Waals surface area contributed by atoms with Crippen LogP contribution < -0.4 is 46.6 Å². The van der Waals surface area contributed by atoms with Crippen molar-refractivity contribution in [2.45, 2.75) is 75.2 Å². The predicted octanol–water partition coefficient (Wildman–Crippen LogP) is 15.3. The minimum Gasteiger partial charge on any atom is -0.457 e. The van der Waals surface area contributed by atoms with Crippen LogP contribution in [0.1, 0.15) is 69.1 Å². The number of fused-ring (bicyclic) bond motifs is 4. The molecule has 35 heteroatoms. The summed E-state index contributed by atoms with van der Waals surface area (Å²) in [5.41, 5.74) is 34.0. The van der Waals surface area contributed by atoms with Crippen LogP contribution in [0.15, 0.2) is 280 Å². The molecule has 8 aromatic heterocycles.